The quantitative estimate of drug-likeness (QED) is 0.824. The number of aliphatic carboxylic acids is 1. The molecule has 1 atom stereocenters. The summed E-state index contributed by atoms with van der Waals surface area (Å²) in [5, 5.41) is 9.15. The van der Waals surface area contributed by atoms with Crippen LogP contribution in [0.15, 0.2) is 0 Å². The van der Waals surface area contributed by atoms with Crippen molar-refractivity contribution >= 4 is 11.9 Å². The fourth-order valence-electron chi connectivity index (χ4n) is 2.80. The molecule has 0 unspecified atom stereocenters. The van der Waals surface area contributed by atoms with Gasteiger partial charge in [-0.25, -0.2) is 4.79 Å². The lowest BCUT2D eigenvalue weighted by molar-refractivity contribution is -0.152. The summed E-state index contributed by atoms with van der Waals surface area (Å²) in [6.07, 6.45) is 4.72. The largest absolute Gasteiger partial charge is 0.480 e. The number of piperidine rings is 1. The molecule has 0 aliphatic carbocycles. The van der Waals surface area contributed by atoms with Gasteiger partial charge in [0.15, 0.2) is 0 Å². The molecule has 102 valence electrons. The Labute approximate surface area is 107 Å². The number of nitrogens with zero attached hydrogens (tertiary/aromatic N) is 1. The van der Waals surface area contributed by atoms with E-state index in [0.717, 1.165) is 38.9 Å². The summed E-state index contributed by atoms with van der Waals surface area (Å²) in [5.41, 5.74) is 0. The minimum atomic E-state index is -0.866. The van der Waals surface area contributed by atoms with Gasteiger partial charge in [-0.3, -0.25) is 4.79 Å². The monoisotopic (exact) mass is 255 g/mol. The molecule has 2 rings (SSSR count). The molecular formula is C13H21NO4. The molecular weight excluding hydrogens is 234 g/mol. The SMILES string of the molecule is O=C(O)[C@@H]1CCCCN1C(=O)CC1CCOCC1. The Kier molecular flexibility index (Phi) is 4.58. The highest BCUT2D eigenvalue weighted by molar-refractivity contribution is 5.84. The van der Waals surface area contributed by atoms with Crippen LogP contribution in [0.5, 0.6) is 0 Å². The number of carboxylic acid groups (broad SMARTS) is 1. The van der Waals surface area contributed by atoms with Crippen molar-refractivity contribution in [1.29, 1.82) is 0 Å². The summed E-state index contributed by atoms with van der Waals surface area (Å²) in [5.74, 6) is -0.494. The van der Waals surface area contributed by atoms with Crippen LogP contribution in [0, 0.1) is 5.92 Å². The third kappa shape index (κ3) is 3.22. The van der Waals surface area contributed by atoms with Crippen LogP contribution in [0.1, 0.15) is 38.5 Å². The minimum absolute atomic E-state index is 0.00833. The first kappa shape index (κ1) is 13.3. The van der Waals surface area contributed by atoms with Crippen molar-refractivity contribution in [2.75, 3.05) is 19.8 Å². The summed E-state index contributed by atoms with van der Waals surface area (Å²) < 4.78 is 5.27. The van der Waals surface area contributed by atoms with Gasteiger partial charge in [0, 0.05) is 26.2 Å². The number of hydrogen-bond donors (Lipinski definition) is 1. The van der Waals surface area contributed by atoms with Gasteiger partial charge in [-0.05, 0) is 38.0 Å². The average Bonchev–Trinajstić information content (AvgIpc) is 2.40. The van der Waals surface area contributed by atoms with Crippen LogP contribution in [0.3, 0.4) is 0 Å². The van der Waals surface area contributed by atoms with E-state index in [0.29, 0.717) is 25.3 Å². The Morgan fingerprint density at radius 3 is 2.56 bits per heavy atom. The predicted molar refractivity (Wildman–Crippen MR) is 65.1 cm³/mol. The van der Waals surface area contributed by atoms with Gasteiger partial charge < -0.3 is 14.7 Å². The highest BCUT2D eigenvalue weighted by Crippen LogP contribution is 2.23. The fourth-order valence-corrected chi connectivity index (χ4v) is 2.80. The van der Waals surface area contributed by atoms with Gasteiger partial charge in [-0.15, -0.1) is 0 Å². The van der Waals surface area contributed by atoms with Crippen LogP contribution in [-0.2, 0) is 14.3 Å². The summed E-state index contributed by atoms with van der Waals surface area (Å²) in [4.78, 5) is 24.9. The van der Waals surface area contributed by atoms with Gasteiger partial charge in [0.2, 0.25) is 5.91 Å². The molecule has 18 heavy (non-hydrogen) atoms. The van der Waals surface area contributed by atoms with Crippen LogP contribution in [0.2, 0.25) is 0 Å². The first-order valence-electron chi connectivity index (χ1n) is 6.78. The molecule has 0 bridgehead atoms. The molecule has 5 nitrogen and oxygen atoms in total. The zero-order valence-electron chi connectivity index (χ0n) is 10.6. The summed E-state index contributed by atoms with van der Waals surface area (Å²) in [7, 11) is 0. The second kappa shape index (κ2) is 6.18. The van der Waals surface area contributed by atoms with E-state index >= 15 is 0 Å². The molecule has 0 aromatic heterocycles. The second-order valence-electron chi connectivity index (χ2n) is 5.20. The van der Waals surface area contributed by atoms with E-state index in [4.69, 9.17) is 9.84 Å². The number of rotatable bonds is 3. The average molecular weight is 255 g/mol. The van der Waals surface area contributed by atoms with Crippen LogP contribution in [0.4, 0.5) is 0 Å². The zero-order valence-corrected chi connectivity index (χ0v) is 10.6. The normalized spacial score (nSPS) is 26.0. The van der Waals surface area contributed by atoms with Crippen LogP contribution in [-0.4, -0.2) is 47.7 Å². The van der Waals surface area contributed by atoms with E-state index in [2.05, 4.69) is 0 Å². The molecule has 2 saturated heterocycles. The first-order chi connectivity index (χ1) is 8.68. The molecule has 0 aromatic carbocycles. The molecule has 0 aromatic rings. The van der Waals surface area contributed by atoms with Crippen LogP contribution < -0.4 is 0 Å². The summed E-state index contributed by atoms with van der Waals surface area (Å²) in [6, 6.07) is -0.605. The van der Waals surface area contributed by atoms with Gasteiger partial charge in [0.05, 0.1) is 0 Å². The van der Waals surface area contributed by atoms with Crippen LogP contribution >= 0.6 is 0 Å². The Hall–Kier alpha value is -1.10. The molecule has 0 radical (unpaired) electrons. The maximum absolute atomic E-state index is 12.2. The van der Waals surface area contributed by atoms with Crippen molar-refractivity contribution in [3.05, 3.63) is 0 Å². The molecule has 2 aliphatic rings. The molecule has 0 spiro atoms. The van der Waals surface area contributed by atoms with E-state index in [1.54, 1.807) is 4.90 Å². The Bertz CT molecular complexity index is 312. The van der Waals surface area contributed by atoms with E-state index in [1.165, 1.54) is 0 Å². The smallest absolute Gasteiger partial charge is 0.326 e. The summed E-state index contributed by atoms with van der Waals surface area (Å²) >= 11 is 0. The van der Waals surface area contributed by atoms with Crippen molar-refractivity contribution in [1.82, 2.24) is 4.90 Å². The number of carboxylic acids is 1. The standard InChI is InChI=1S/C13H21NO4/c15-12(9-10-4-7-18-8-5-10)14-6-2-1-3-11(14)13(16)17/h10-11H,1-9H2,(H,16,17)/t11-/m0/s1. The Morgan fingerprint density at radius 2 is 1.89 bits per heavy atom. The van der Waals surface area contributed by atoms with Crippen LogP contribution in [0.25, 0.3) is 0 Å². The lowest BCUT2D eigenvalue weighted by atomic mass is 9.94. The summed E-state index contributed by atoms with van der Waals surface area (Å²) in [6.45, 7) is 2.04. The maximum atomic E-state index is 12.2. The molecule has 5 heteroatoms. The van der Waals surface area contributed by atoms with E-state index in [-0.39, 0.29) is 5.91 Å². The third-order valence-corrected chi connectivity index (χ3v) is 3.91. The third-order valence-electron chi connectivity index (χ3n) is 3.91. The van der Waals surface area contributed by atoms with Gasteiger partial charge in [-0.1, -0.05) is 0 Å². The fraction of sp³-hybridized carbons (Fsp3) is 0.846. The number of ether oxygens (including phenoxy) is 1. The topological polar surface area (TPSA) is 66.8 Å². The molecule has 2 aliphatic heterocycles. The Morgan fingerprint density at radius 1 is 1.17 bits per heavy atom. The van der Waals surface area contributed by atoms with Gasteiger partial charge in [-0.2, -0.15) is 0 Å². The van der Waals surface area contributed by atoms with E-state index < -0.39 is 12.0 Å². The van der Waals surface area contributed by atoms with E-state index in [9.17, 15) is 9.59 Å². The van der Waals surface area contributed by atoms with Crippen molar-refractivity contribution in [3.8, 4) is 0 Å². The second-order valence-corrected chi connectivity index (χ2v) is 5.20. The van der Waals surface area contributed by atoms with Gasteiger partial charge >= 0.3 is 5.97 Å². The number of amides is 1. The first-order valence-corrected chi connectivity index (χ1v) is 6.78. The highest BCUT2D eigenvalue weighted by atomic mass is 16.5. The van der Waals surface area contributed by atoms with E-state index in [1.807, 2.05) is 0 Å². The molecule has 1 amide bonds. The predicted octanol–water partition coefficient (Wildman–Crippen LogP) is 1.27. The minimum Gasteiger partial charge on any atom is -0.480 e. The van der Waals surface area contributed by atoms with Crippen molar-refractivity contribution in [3.63, 3.8) is 0 Å². The van der Waals surface area contributed by atoms with Crippen molar-refractivity contribution < 1.29 is 19.4 Å². The number of carbonyl (C=O) groups is 2. The molecule has 2 heterocycles. The molecule has 2 fully saturated rings. The van der Waals surface area contributed by atoms with Gasteiger partial charge in [0.25, 0.3) is 0 Å². The number of hydrogen-bond acceptors (Lipinski definition) is 3. The zero-order chi connectivity index (χ0) is 13.0. The molecule has 0 saturated carbocycles. The lowest BCUT2D eigenvalue weighted by Crippen LogP contribution is -2.48. The van der Waals surface area contributed by atoms with Crippen molar-refractivity contribution in [2.24, 2.45) is 5.92 Å². The number of likely N-dealkylation sites (tertiary alicyclic amines) is 1. The Balaban J connectivity index is 1.91. The lowest BCUT2D eigenvalue weighted by Gasteiger charge is -2.34. The highest BCUT2D eigenvalue weighted by Gasteiger charge is 2.32. The van der Waals surface area contributed by atoms with Crippen molar-refractivity contribution in [2.45, 2.75) is 44.6 Å². The van der Waals surface area contributed by atoms with Gasteiger partial charge in [0.1, 0.15) is 6.04 Å². The molecule has 1 N–H and O–H groups in total. The maximum Gasteiger partial charge on any atom is 0.326 e. The number of carbonyl (C=O) groups excluding carboxylic acids is 1.